The number of rotatable bonds is 5. The van der Waals surface area contributed by atoms with E-state index < -0.39 is 30.3 Å². The molecule has 1 heterocycles. The first kappa shape index (κ1) is 12.6. The van der Waals surface area contributed by atoms with Crippen molar-refractivity contribution in [3.05, 3.63) is 24.0 Å². The van der Waals surface area contributed by atoms with Gasteiger partial charge in [0, 0.05) is 0 Å². The van der Waals surface area contributed by atoms with Crippen LogP contribution in [0.25, 0.3) is 0 Å². The molecule has 8 nitrogen and oxygen atoms in total. The van der Waals surface area contributed by atoms with Crippen LogP contribution in [-0.4, -0.2) is 44.3 Å². The highest BCUT2D eigenvalue weighted by Gasteiger charge is 2.23. The molecule has 0 saturated heterocycles. The molecule has 8 heteroatoms. The first-order valence-electron chi connectivity index (χ1n) is 4.53. The molecule has 1 aromatic rings. The molecule has 90 valence electrons. The molecule has 0 fully saturated rings. The van der Waals surface area contributed by atoms with Gasteiger partial charge in [-0.2, -0.15) is 10.2 Å². The molecule has 1 aromatic heterocycles. The third-order valence-electron chi connectivity index (χ3n) is 1.83. The Hall–Kier alpha value is -2.51. The second kappa shape index (κ2) is 5.54. The number of aliphatic carboxylic acids is 2. The molecular formula is C9H9N3O5. The average molecular weight is 239 g/mol. The topological polar surface area (TPSA) is 129 Å². The van der Waals surface area contributed by atoms with Crippen molar-refractivity contribution in [2.45, 2.75) is 12.5 Å². The maximum Gasteiger partial charge on any atom is 0.326 e. The quantitative estimate of drug-likeness (QED) is 0.609. The van der Waals surface area contributed by atoms with Crippen LogP contribution in [0.4, 0.5) is 0 Å². The molecule has 17 heavy (non-hydrogen) atoms. The molecule has 0 radical (unpaired) electrons. The van der Waals surface area contributed by atoms with Gasteiger partial charge in [0.1, 0.15) is 6.04 Å². The zero-order chi connectivity index (χ0) is 12.8. The van der Waals surface area contributed by atoms with Crippen molar-refractivity contribution < 1.29 is 24.6 Å². The fraction of sp³-hybridized carbons (Fsp3) is 0.222. The summed E-state index contributed by atoms with van der Waals surface area (Å²) in [5, 5.41) is 26.2. The Labute approximate surface area is 95.3 Å². The van der Waals surface area contributed by atoms with E-state index in [1.807, 2.05) is 0 Å². The van der Waals surface area contributed by atoms with Gasteiger partial charge in [-0.3, -0.25) is 9.59 Å². The summed E-state index contributed by atoms with van der Waals surface area (Å²) in [5.41, 5.74) is 0.108. The molecule has 0 aliphatic heterocycles. The molecule has 1 unspecified atom stereocenters. The normalized spacial score (nSPS) is 11.5. The highest BCUT2D eigenvalue weighted by Crippen LogP contribution is 1.98. The van der Waals surface area contributed by atoms with Gasteiger partial charge in [0.15, 0.2) is 0 Å². The smallest absolute Gasteiger partial charge is 0.326 e. The second-order valence-electron chi connectivity index (χ2n) is 3.09. The van der Waals surface area contributed by atoms with Crippen molar-refractivity contribution in [3.8, 4) is 0 Å². The lowest BCUT2D eigenvalue weighted by Gasteiger charge is -2.11. The minimum Gasteiger partial charge on any atom is -0.481 e. The molecule has 3 N–H and O–H groups in total. The predicted molar refractivity (Wildman–Crippen MR) is 53.2 cm³/mol. The molecule has 0 aromatic carbocycles. The highest BCUT2D eigenvalue weighted by molar-refractivity contribution is 5.96. The Morgan fingerprint density at radius 2 is 2.00 bits per heavy atom. The van der Waals surface area contributed by atoms with Gasteiger partial charge in [0.25, 0.3) is 5.91 Å². The van der Waals surface area contributed by atoms with E-state index in [1.54, 1.807) is 0 Å². The van der Waals surface area contributed by atoms with E-state index in [9.17, 15) is 14.4 Å². The van der Waals surface area contributed by atoms with Crippen LogP contribution in [-0.2, 0) is 9.59 Å². The Morgan fingerprint density at radius 1 is 1.29 bits per heavy atom. The first-order valence-corrected chi connectivity index (χ1v) is 4.53. The SMILES string of the molecule is O=C(O)CC(NC(=O)c1ccnnc1)C(=O)O. The van der Waals surface area contributed by atoms with Crippen LogP contribution in [0.2, 0.25) is 0 Å². The monoisotopic (exact) mass is 239 g/mol. The summed E-state index contributed by atoms with van der Waals surface area (Å²) in [6.07, 6.45) is 1.72. The summed E-state index contributed by atoms with van der Waals surface area (Å²) in [7, 11) is 0. The van der Waals surface area contributed by atoms with Crippen LogP contribution in [0.15, 0.2) is 18.5 Å². The number of amides is 1. The van der Waals surface area contributed by atoms with Crippen LogP contribution in [0.3, 0.4) is 0 Å². The fourth-order valence-electron chi connectivity index (χ4n) is 1.04. The zero-order valence-corrected chi connectivity index (χ0v) is 8.53. The van der Waals surface area contributed by atoms with Gasteiger partial charge in [-0.05, 0) is 6.07 Å². The van der Waals surface area contributed by atoms with Crippen LogP contribution in [0, 0.1) is 0 Å². The molecule has 0 saturated carbocycles. The lowest BCUT2D eigenvalue weighted by atomic mass is 10.2. The standard InChI is InChI=1S/C9H9N3O5/c13-7(14)3-6(9(16)17)12-8(15)5-1-2-10-11-4-5/h1-2,4,6H,3H2,(H,12,15)(H,13,14)(H,16,17). The van der Waals surface area contributed by atoms with E-state index in [0.717, 1.165) is 6.20 Å². The number of carboxylic acids is 2. The summed E-state index contributed by atoms with van der Waals surface area (Å²) < 4.78 is 0. The summed E-state index contributed by atoms with van der Waals surface area (Å²) in [5.74, 6) is -3.44. The van der Waals surface area contributed by atoms with Gasteiger partial charge in [0.2, 0.25) is 0 Å². The number of nitrogens with one attached hydrogen (secondary N) is 1. The van der Waals surface area contributed by atoms with Gasteiger partial charge in [-0.1, -0.05) is 0 Å². The predicted octanol–water partition coefficient (Wildman–Crippen LogP) is -0.866. The molecule has 1 atom stereocenters. The largest absolute Gasteiger partial charge is 0.481 e. The lowest BCUT2D eigenvalue weighted by Crippen LogP contribution is -2.42. The number of carbonyl (C=O) groups is 3. The van der Waals surface area contributed by atoms with Gasteiger partial charge in [-0.25, -0.2) is 4.79 Å². The van der Waals surface area contributed by atoms with E-state index in [1.165, 1.54) is 12.3 Å². The van der Waals surface area contributed by atoms with E-state index in [4.69, 9.17) is 10.2 Å². The van der Waals surface area contributed by atoms with Crippen molar-refractivity contribution in [1.29, 1.82) is 0 Å². The number of aromatic nitrogens is 2. The number of hydrogen-bond donors (Lipinski definition) is 3. The molecule has 0 bridgehead atoms. The number of carboxylic acid groups (broad SMARTS) is 2. The van der Waals surface area contributed by atoms with Crippen LogP contribution >= 0.6 is 0 Å². The third-order valence-corrected chi connectivity index (χ3v) is 1.83. The van der Waals surface area contributed by atoms with Crippen molar-refractivity contribution >= 4 is 17.8 Å². The lowest BCUT2D eigenvalue weighted by molar-refractivity contribution is -0.145. The zero-order valence-electron chi connectivity index (χ0n) is 8.53. The van der Waals surface area contributed by atoms with Crippen LogP contribution in [0.5, 0.6) is 0 Å². The Morgan fingerprint density at radius 3 is 2.47 bits per heavy atom. The number of nitrogens with zero attached hydrogens (tertiary/aromatic N) is 2. The summed E-state index contributed by atoms with van der Waals surface area (Å²) >= 11 is 0. The van der Waals surface area contributed by atoms with Gasteiger partial charge in [-0.15, -0.1) is 0 Å². The molecule has 0 aliphatic carbocycles. The van der Waals surface area contributed by atoms with Crippen molar-refractivity contribution in [3.63, 3.8) is 0 Å². The van der Waals surface area contributed by atoms with Crippen molar-refractivity contribution in [2.24, 2.45) is 0 Å². The highest BCUT2D eigenvalue weighted by atomic mass is 16.4. The Kier molecular flexibility index (Phi) is 4.09. The second-order valence-corrected chi connectivity index (χ2v) is 3.09. The van der Waals surface area contributed by atoms with Crippen LogP contribution < -0.4 is 5.32 Å². The fourth-order valence-corrected chi connectivity index (χ4v) is 1.04. The van der Waals surface area contributed by atoms with Crippen LogP contribution in [0.1, 0.15) is 16.8 Å². The number of hydrogen-bond acceptors (Lipinski definition) is 5. The van der Waals surface area contributed by atoms with Gasteiger partial charge < -0.3 is 15.5 Å². The average Bonchev–Trinajstić information content (AvgIpc) is 2.28. The maximum atomic E-state index is 11.5. The summed E-state index contributed by atoms with van der Waals surface area (Å²) in [6, 6.07) is -0.143. The molecule has 1 rings (SSSR count). The van der Waals surface area contributed by atoms with E-state index >= 15 is 0 Å². The van der Waals surface area contributed by atoms with Crippen molar-refractivity contribution in [2.75, 3.05) is 0 Å². The molecule has 0 aliphatic rings. The molecule has 1 amide bonds. The third kappa shape index (κ3) is 3.86. The summed E-state index contributed by atoms with van der Waals surface area (Å²) in [4.78, 5) is 32.6. The van der Waals surface area contributed by atoms with E-state index in [2.05, 4.69) is 15.5 Å². The molecular weight excluding hydrogens is 230 g/mol. The van der Waals surface area contributed by atoms with E-state index in [0.29, 0.717) is 0 Å². The number of carbonyl (C=O) groups excluding carboxylic acids is 1. The molecule has 0 spiro atoms. The minimum atomic E-state index is -1.48. The summed E-state index contributed by atoms with van der Waals surface area (Å²) in [6.45, 7) is 0. The first-order chi connectivity index (χ1) is 8.00. The maximum absolute atomic E-state index is 11.5. The van der Waals surface area contributed by atoms with E-state index in [-0.39, 0.29) is 5.56 Å². The minimum absolute atomic E-state index is 0.108. The van der Waals surface area contributed by atoms with Crippen molar-refractivity contribution in [1.82, 2.24) is 15.5 Å². The Balaban J connectivity index is 2.71. The van der Waals surface area contributed by atoms with Gasteiger partial charge in [0.05, 0.1) is 24.4 Å². The van der Waals surface area contributed by atoms with Gasteiger partial charge >= 0.3 is 11.9 Å². The Bertz CT molecular complexity index is 434.